The zero-order chi connectivity index (χ0) is 24.6. The molecule has 0 saturated carbocycles. The number of nitrogens with zero attached hydrogens (tertiary/aromatic N) is 1. The molecule has 186 valence electrons. The van der Waals surface area contributed by atoms with E-state index in [1.54, 1.807) is 12.1 Å². The number of nitrogens with one attached hydrogen (secondary N) is 1. The first-order valence-corrected chi connectivity index (χ1v) is 11.8. The average Bonchev–Trinajstić information content (AvgIpc) is 2.84. The van der Waals surface area contributed by atoms with Crippen LogP contribution in [0.3, 0.4) is 0 Å². The predicted octanol–water partition coefficient (Wildman–Crippen LogP) is 5.85. The molecule has 9 heteroatoms. The van der Waals surface area contributed by atoms with Gasteiger partial charge in [-0.3, -0.25) is 0 Å². The topological polar surface area (TPSA) is 87.6 Å². The summed E-state index contributed by atoms with van der Waals surface area (Å²) in [6.07, 6.45) is 5.46. The van der Waals surface area contributed by atoms with Gasteiger partial charge in [0.1, 0.15) is 24.7 Å². The number of halogens is 1. The van der Waals surface area contributed by atoms with Crippen LogP contribution in [-0.4, -0.2) is 45.8 Å². The van der Waals surface area contributed by atoms with Crippen molar-refractivity contribution in [2.24, 2.45) is 5.10 Å². The van der Waals surface area contributed by atoms with Crippen molar-refractivity contribution >= 4 is 23.9 Å². The first-order valence-electron chi connectivity index (χ1n) is 11.4. The molecule has 0 aromatic heterocycles. The Kier molecular flexibility index (Phi) is 12.5. The van der Waals surface area contributed by atoms with Crippen LogP contribution in [0.25, 0.3) is 0 Å². The van der Waals surface area contributed by atoms with Crippen LogP contribution < -0.4 is 24.4 Å². The summed E-state index contributed by atoms with van der Waals surface area (Å²) in [6.45, 7) is 5.80. The van der Waals surface area contributed by atoms with Crippen molar-refractivity contribution in [1.29, 1.82) is 0 Å². The Morgan fingerprint density at radius 2 is 1.62 bits per heavy atom. The molecule has 0 radical (unpaired) electrons. The Hall–Kier alpha value is -3.13. The lowest BCUT2D eigenvalue weighted by molar-refractivity contribution is 0.171. The van der Waals surface area contributed by atoms with Crippen molar-refractivity contribution in [3.63, 3.8) is 0 Å². The maximum Gasteiger partial charge on any atom is 0.427 e. The van der Waals surface area contributed by atoms with Crippen LogP contribution >= 0.6 is 11.6 Å². The lowest BCUT2D eigenvalue weighted by Gasteiger charge is -2.15. The van der Waals surface area contributed by atoms with Gasteiger partial charge in [-0.05, 0) is 55.3 Å². The van der Waals surface area contributed by atoms with Gasteiger partial charge >= 0.3 is 6.09 Å². The van der Waals surface area contributed by atoms with Crippen molar-refractivity contribution in [2.45, 2.75) is 39.5 Å². The van der Waals surface area contributed by atoms with E-state index >= 15 is 0 Å². The van der Waals surface area contributed by atoms with Crippen molar-refractivity contribution in [3.05, 3.63) is 47.0 Å². The highest BCUT2D eigenvalue weighted by Gasteiger charge is 2.12. The number of hydrogen-bond donors (Lipinski definition) is 1. The molecule has 0 aliphatic carbocycles. The van der Waals surface area contributed by atoms with Gasteiger partial charge in [0, 0.05) is 0 Å². The van der Waals surface area contributed by atoms with Gasteiger partial charge in [0.2, 0.25) is 0 Å². The molecule has 0 saturated heterocycles. The number of unbranched alkanes of at least 4 members (excludes halogenated alkanes) is 3. The Labute approximate surface area is 206 Å². The molecule has 2 rings (SSSR count). The normalized spacial score (nSPS) is 10.7. The number of carbonyl (C=O) groups is 1. The zero-order valence-corrected chi connectivity index (χ0v) is 20.7. The molecule has 1 N–H and O–H groups in total. The molecule has 0 atom stereocenters. The van der Waals surface area contributed by atoms with Gasteiger partial charge in [-0.1, -0.05) is 37.8 Å². The average molecular weight is 493 g/mol. The lowest BCUT2D eigenvalue weighted by Crippen LogP contribution is -2.16. The van der Waals surface area contributed by atoms with Crippen molar-refractivity contribution in [2.75, 3.05) is 33.5 Å². The van der Waals surface area contributed by atoms with Crippen LogP contribution in [0.2, 0.25) is 5.02 Å². The van der Waals surface area contributed by atoms with Crippen LogP contribution in [0.5, 0.6) is 23.0 Å². The number of hydrogen-bond acceptors (Lipinski definition) is 7. The SMILES string of the molecule is CCCCCCOc1ccc(OCCOc2c(Cl)cc(/C=N/NC(=O)OC)cc2OCC)cc1. The first-order chi connectivity index (χ1) is 16.6. The molecular weight excluding hydrogens is 460 g/mol. The zero-order valence-electron chi connectivity index (χ0n) is 20.0. The van der Waals surface area contributed by atoms with Crippen molar-refractivity contribution in [3.8, 4) is 23.0 Å². The molecule has 2 aromatic carbocycles. The number of ether oxygens (including phenoxy) is 5. The minimum Gasteiger partial charge on any atom is -0.494 e. The molecular formula is C25H33ClN2O6. The fraction of sp³-hybridized carbons (Fsp3) is 0.440. The number of hydrazone groups is 1. The minimum absolute atomic E-state index is 0.271. The van der Waals surface area contributed by atoms with Gasteiger partial charge in [0.05, 0.1) is 31.6 Å². The Balaban J connectivity index is 1.84. The third-order valence-electron chi connectivity index (χ3n) is 4.58. The summed E-state index contributed by atoms with van der Waals surface area (Å²) in [5.41, 5.74) is 2.84. The Bertz CT molecular complexity index is 905. The fourth-order valence-corrected chi connectivity index (χ4v) is 3.20. The van der Waals surface area contributed by atoms with E-state index in [1.807, 2.05) is 31.2 Å². The van der Waals surface area contributed by atoms with Crippen molar-refractivity contribution in [1.82, 2.24) is 5.43 Å². The highest BCUT2D eigenvalue weighted by Crippen LogP contribution is 2.36. The van der Waals surface area contributed by atoms with Gasteiger partial charge in [0.25, 0.3) is 0 Å². The lowest BCUT2D eigenvalue weighted by atomic mass is 10.2. The second-order valence-electron chi connectivity index (χ2n) is 7.20. The smallest absolute Gasteiger partial charge is 0.427 e. The fourth-order valence-electron chi connectivity index (χ4n) is 2.92. The second kappa shape index (κ2) is 15.7. The molecule has 1 amide bonds. The molecule has 0 aliphatic rings. The third-order valence-corrected chi connectivity index (χ3v) is 4.86. The maximum atomic E-state index is 11.1. The summed E-state index contributed by atoms with van der Waals surface area (Å²) in [5.74, 6) is 2.44. The van der Waals surface area contributed by atoms with E-state index in [9.17, 15) is 4.79 Å². The highest BCUT2D eigenvalue weighted by molar-refractivity contribution is 6.32. The molecule has 2 aromatic rings. The van der Waals surface area contributed by atoms with E-state index in [2.05, 4.69) is 22.2 Å². The van der Waals surface area contributed by atoms with Gasteiger partial charge in [0.15, 0.2) is 11.5 Å². The molecule has 0 bridgehead atoms. The first kappa shape index (κ1) is 27.1. The summed E-state index contributed by atoms with van der Waals surface area (Å²) in [4.78, 5) is 11.1. The molecule has 8 nitrogen and oxygen atoms in total. The summed E-state index contributed by atoms with van der Waals surface area (Å²) in [6, 6.07) is 10.9. The summed E-state index contributed by atoms with van der Waals surface area (Å²) in [7, 11) is 1.25. The van der Waals surface area contributed by atoms with E-state index in [1.165, 1.54) is 32.6 Å². The van der Waals surface area contributed by atoms with Crippen LogP contribution in [0.4, 0.5) is 4.79 Å². The van der Waals surface area contributed by atoms with Crippen molar-refractivity contribution < 1.29 is 28.5 Å². The van der Waals surface area contributed by atoms with Gasteiger partial charge in [-0.15, -0.1) is 0 Å². The number of methoxy groups -OCH3 is 1. The summed E-state index contributed by atoms with van der Waals surface area (Å²) < 4.78 is 27.4. The summed E-state index contributed by atoms with van der Waals surface area (Å²) >= 11 is 6.39. The molecule has 34 heavy (non-hydrogen) atoms. The van der Waals surface area contributed by atoms with Gasteiger partial charge in [-0.2, -0.15) is 5.10 Å². The minimum atomic E-state index is -0.670. The molecule has 0 unspecified atom stereocenters. The van der Waals surface area contributed by atoms with Gasteiger partial charge in [-0.25, -0.2) is 10.2 Å². The number of amides is 1. The second-order valence-corrected chi connectivity index (χ2v) is 7.61. The van der Waals surface area contributed by atoms with E-state index in [0.29, 0.717) is 35.3 Å². The van der Waals surface area contributed by atoms with Crippen LogP contribution in [0.1, 0.15) is 45.1 Å². The Morgan fingerprint density at radius 3 is 2.26 bits per heavy atom. The van der Waals surface area contributed by atoms with Crippen LogP contribution in [0, 0.1) is 0 Å². The molecule has 0 spiro atoms. The highest BCUT2D eigenvalue weighted by atomic mass is 35.5. The predicted molar refractivity (Wildman–Crippen MR) is 133 cm³/mol. The van der Waals surface area contributed by atoms with E-state index in [-0.39, 0.29) is 6.61 Å². The largest absolute Gasteiger partial charge is 0.494 e. The standard InChI is InChI=1S/C25H33ClN2O6/c1-4-6-7-8-13-32-20-9-11-21(12-10-20)33-14-15-34-24-22(26)16-19(17-23(24)31-5-2)18-27-28-25(29)30-3/h9-12,16-18H,4-8,13-15H2,1-3H3,(H,28,29)/b27-18+. The number of rotatable bonds is 15. The molecule has 0 aliphatic heterocycles. The molecule has 0 fully saturated rings. The molecule has 0 heterocycles. The third kappa shape index (κ3) is 9.79. The van der Waals surface area contributed by atoms with Crippen LogP contribution in [-0.2, 0) is 4.74 Å². The maximum absolute atomic E-state index is 11.1. The van der Waals surface area contributed by atoms with Crippen LogP contribution in [0.15, 0.2) is 41.5 Å². The van der Waals surface area contributed by atoms with E-state index < -0.39 is 6.09 Å². The number of carbonyl (C=O) groups excluding carboxylic acids is 1. The van der Waals surface area contributed by atoms with E-state index in [0.717, 1.165) is 24.5 Å². The quantitative estimate of drug-likeness (QED) is 0.191. The monoisotopic (exact) mass is 492 g/mol. The van der Waals surface area contributed by atoms with Gasteiger partial charge < -0.3 is 23.7 Å². The Morgan fingerprint density at radius 1 is 0.941 bits per heavy atom. The number of benzene rings is 2. The summed E-state index contributed by atoms with van der Waals surface area (Å²) in [5, 5.41) is 4.15. The van der Waals surface area contributed by atoms with E-state index in [4.69, 9.17) is 30.5 Å².